The molecular formula is C24H26F2N2O5. The molecule has 1 aliphatic carbocycles. The van der Waals surface area contributed by atoms with Gasteiger partial charge in [-0.05, 0) is 59.4 Å². The van der Waals surface area contributed by atoms with Crippen molar-refractivity contribution in [3.05, 3.63) is 44.7 Å². The maximum Gasteiger partial charge on any atom is 0.387 e. The number of aromatic amines is 1. The van der Waals surface area contributed by atoms with Crippen LogP contribution >= 0.6 is 0 Å². The zero-order valence-corrected chi connectivity index (χ0v) is 18.9. The molecule has 2 aromatic rings. The minimum Gasteiger partial charge on any atom is -0.477 e. The van der Waals surface area contributed by atoms with Gasteiger partial charge in [-0.2, -0.15) is 8.78 Å². The van der Waals surface area contributed by atoms with Crippen molar-refractivity contribution in [1.82, 2.24) is 4.98 Å². The summed E-state index contributed by atoms with van der Waals surface area (Å²) in [7, 11) is 0. The molecule has 0 spiro atoms. The SMILES string of the molecule is CC(=O)N1CCCc2c3c(cc(OC(F)F)c21)-c1[nH]c(=O)c(C(=O)O)cc1[C@@H](C(C)(C)C)C3. The molecule has 2 aliphatic rings. The number of H-pyrrole nitrogens is 1. The molecule has 1 aromatic heterocycles. The first-order valence-electron chi connectivity index (χ1n) is 10.8. The van der Waals surface area contributed by atoms with Crippen LogP contribution in [-0.2, 0) is 17.6 Å². The van der Waals surface area contributed by atoms with Crippen LogP contribution in [0, 0.1) is 5.41 Å². The van der Waals surface area contributed by atoms with Gasteiger partial charge in [-0.1, -0.05) is 20.8 Å². The van der Waals surface area contributed by atoms with E-state index in [1.807, 2.05) is 20.8 Å². The number of carboxylic acids is 1. The van der Waals surface area contributed by atoms with Gasteiger partial charge in [-0.25, -0.2) is 4.79 Å². The number of nitrogens with one attached hydrogen (secondary N) is 1. The van der Waals surface area contributed by atoms with Crippen LogP contribution in [0.4, 0.5) is 14.5 Å². The fourth-order valence-corrected chi connectivity index (χ4v) is 5.08. The summed E-state index contributed by atoms with van der Waals surface area (Å²) in [6.45, 7) is 4.78. The van der Waals surface area contributed by atoms with Gasteiger partial charge < -0.3 is 19.7 Å². The Morgan fingerprint density at radius 2 is 1.94 bits per heavy atom. The lowest BCUT2D eigenvalue weighted by Crippen LogP contribution is -2.36. The summed E-state index contributed by atoms with van der Waals surface area (Å²) in [6.07, 6.45) is 1.75. The molecule has 0 unspecified atom stereocenters. The lowest BCUT2D eigenvalue weighted by Gasteiger charge is -2.40. The average Bonchev–Trinajstić information content (AvgIpc) is 2.71. The van der Waals surface area contributed by atoms with Crippen molar-refractivity contribution in [2.75, 3.05) is 11.4 Å². The second kappa shape index (κ2) is 7.97. The molecule has 2 N–H and O–H groups in total. The maximum atomic E-state index is 13.3. The predicted molar refractivity (Wildman–Crippen MR) is 118 cm³/mol. The van der Waals surface area contributed by atoms with Gasteiger partial charge in [0.25, 0.3) is 5.56 Å². The van der Waals surface area contributed by atoms with Gasteiger partial charge in [0, 0.05) is 19.0 Å². The zero-order valence-electron chi connectivity index (χ0n) is 18.9. The van der Waals surface area contributed by atoms with Gasteiger partial charge in [0.1, 0.15) is 5.56 Å². The molecule has 33 heavy (non-hydrogen) atoms. The van der Waals surface area contributed by atoms with Gasteiger partial charge in [0.15, 0.2) is 5.75 Å². The van der Waals surface area contributed by atoms with Crippen LogP contribution in [0.5, 0.6) is 5.75 Å². The van der Waals surface area contributed by atoms with Crippen molar-refractivity contribution in [1.29, 1.82) is 0 Å². The van der Waals surface area contributed by atoms with Crippen molar-refractivity contribution in [2.45, 2.75) is 59.5 Å². The quantitative estimate of drug-likeness (QED) is 0.711. The number of anilines is 1. The van der Waals surface area contributed by atoms with Crippen molar-refractivity contribution in [3.63, 3.8) is 0 Å². The number of nitrogens with zero attached hydrogens (tertiary/aromatic N) is 1. The van der Waals surface area contributed by atoms with E-state index in [1.54, 1.807) is 0 Å². The number of aromatic carboxylic acids is 1. The standard InChI is InChI=1S/C24H26F2N2O5/c1-11(29)28-7-5-6-12-13-9-17(24(2,3)4)15-8-16(22(31)32)21(30)27-19(15)14(13)10-18(20(12)28)33-23(25)26/h8,10,17,23H,5-7,9H2,1-4H3,(H,27,30)(H,31,32)/t17-/m0/s1. The minimum absolute atomic E-state index is 0.128. The second-order valence-electron chi connectivity index (χ2n) is 9.65. The Balaban J connectivity index is 2.07. The topological polar surface area (TPSA) is 99.7 Å². The summed E-state index contributed by atoms with van der Waals surface area (Å²) in [5.74, 6) is -1.87. The molecule has 1 aromatic carbocycles. The molecule has 0 fully saturated rings. The number of aromatic nitrogens is 1. The van der Waals surface area contributed by atoms with Gasteiger partial charge in [0.2, 0.25) is 5.91 Å². The van der Waals surface area contributed by atoms with E-state index in [0.717, 1.165) is 11.1 Å². The Morgan fingerprint density at radius 1 is 1.24 bits per heavy atom. The zero-order chi connectivity index (χ0) is 24.2. The van der Waals surface area contributed by atoms with E-state index in [-0.39, 0.29) is 28.6 Å². The van der Waals surface area contributed by atoms with E-state index in [0.29, 0.717) is 48.3 Å². The molecule has 0 saturated heterocycles. The monoisotopic (exact) mass is 460 g/mol. The van der Waals surface area contributed by atoms with Crippen LogP contribution in [-0.4, -0.2) is 35.1 Å². The first kappa shape index (κ1) is 22.9. The largest absolute Gasteiger partial charge is 0.477 e. The number of alkyl halides is 2. The van der Waals surface area contributed by atoms with Crippen LogP contribution in [0.3, 0.4) is 0 Å². The Labute approximate surface area is 189 Å². The molecule has 1 atom stereocenters. The molecule has 0 radical (unpaired) electrons. The molecule has 1 aliphatic heterocycles. The molecule has 7 nitrogen and oxygen atoms in total. The average molecular weight is 460 g/mol. The lowest BCUT2D eigenvalue weighted by atomic mass is 9.67. The summed E-state index contributed by atoms with van der Waals surface area (Å²) in [5, 5.41) is 9.47. The fourth-order valence-electron chi connectivity index (χ4n) is 5.08. The number of carbonyl (C=O) groups excluding carboxylic acids is 1. The molecular weight excluding hydrogens is 434 g/mol. The minimum atomic E-state index is -3.10. The number of halogens is 2. The molecule has 1 amide bonds. The number of fused-ring (bicyclic) bond motifs is 5. The molecule has 0 saturated carbocycles. The van der Waals surface area contributed by atoms with Gasteiger partial charge in [-0.3, -0.25) is 9.59 Å². The number of hydrogen-bond acceptors (Lipinski definition) is 4. The molecule has 2 heterocycles. The van der Waals surface area contributed by atoms with E-state index in [2.05, 4.69) is 4.98 Å². The molecule has 0 bridgehead atoms. The van der Waals surface area contributed by atoms with E-state index in [9.17, 15) is 28.3 Å². The highest BCUT2D eigenvalue weighted by Gasteiger charge is 2.39. The summed E-state index contributed by atoms with van der Waals surface area (Å²) in [4.78, 5) is 40.6. The normalized spacial score (nSPS) is 17.3. The highest BCUT2D eigenvalue weighted by atomic mass is 19.3. The maximum absolute atomic E-state index is 13.3. The number of carbonyl (C=O) groups is 2. The highest BCUT2D eigenvalue weighted by Crippen LogP contribution is 2.52. The van der Waals surface area contributed by atoms with E-state index >= 15 is 0 Å². The number of benzene rings is 1. The van der Waals surface area contributed by atoms with Gasteiger partial charge >= 0.3 is 12.6 Å². The number of carboxylic acid groups (broad SMARTS) is 1. The number of amides is 1. The molecule has 9 heteroatoms. The third kappa shape index (κ3) is 3.89. The third-order valence-corrected chi connectivity index (χ3v) is 6.56. The van der Waals surface area contributed by atoms with E-state index in [1.165, 1.54) is 24.0 Å². The Morgan fingerprint density at radius 3 is 2.52 bits per heavy atom. The summed E-state index contributed by atoms with van der Waals surface area (Å²) in [6, 6.07) is 2.83. The van der Waals surface area contributed by atoms with Crippen molar-refractivity contribution < 1.29 is 28.2 Å². The van der Waals surface area contributed by atoms with Gasteiger partial charge in [-0.15, -0.1) is 0 Å². The lowest BCUT2D eigenvalue weighted by molar-refractivity contribution is -0.116. The van der Waals surface area contributed by atoms with Crippen LogP contribution in [0.1, 0.15) is 67.1 Å². The summed E-state index contributed by atoms with van der Waals surface area (Å²) >= 11 is 0. The van der Waals surface area contributed by atoms with Crippen LogP contribution in [0.2, 0.25) is 0 Å². The molecule has 176 valence electrons. The van der Waals surface area contributed by atoms with Crippen LogP contribution in [0.15, 0.2) is 16.9 Å². The van der Waals surface area contributed by atoms with E-state index in [4.69, 9.17) is 4.74 Å². The smallest absolute Gasteiger partial charge is 0.387 e. The van der Waals surface area contributed by atoms with Gasteiger partial charge in [0.05, 0.1) is 11.4 Å². The van der Waals surface area contributed by atoms with E-state index < -0.39 is 18.1 Å². The fraction of sp³-hybridized carbons (Fsp3) is 0.458. The third-order valence-electron chi connectivity index (χ3n) is 6.56. The Hall–Kier alpha value is -3.23. The second-order valence-corrected chi connectivity index (χ2v) is 9.65. The highest BCUT2D eigenvalue weighted by molar-refractivity contribution is 5.97. The van der Waals surface area contributed by atoms with Crippen molar-refractivity contribution in [2.24, 2.45) is 5.41 Å². The summed E-state index contributed by atoms with van der Waals surface area (Å²) in [5.41, 5.74) is 2.14. The number of pyridine rings is 1. The van der Waals surface area contributed by atoms with Crippen LogP contribution in [0.25, 0.3) is 11.3 Å². The Bertz CT molecular complexity index is 1210. The number of hydrogen-bond donors (Lipinski definition) is 2. The molecule has 4 rings (SSSR count). The first-order chi connectivity index (χ1) is 15.4. The Kier molecular flexibility index (Phi) is 5.54. The number of ether oxygens (including phenoxy) is 1. The number of rotatable bonds is 3. The summed E-state index contributed by atoms with van der Waals surface area (Å²) < 4.78 is 31.5. The first-order valence-corrected chi connectivity index (χ1v) is 10.8. The van der Waals surface area contributed by atoms with Crippen LogP contribution < -0.4 is 15.2 Å². The predicted octanol–water partition coefficient (Wildman–Crippen LogP) is 4.33. The van der Waals surface area contributed by atoms with Crippen molar-refractivity contribution >= 4 is 17.6 Å². The van der Waals surface area contributed by atoms with Crippen molar-refractivity contribution in [3.8, 4) is 17.0 Å².